The average molecular weight is 220 g/mol. The lowest BCUT2D eigenvalue weighted by atomic mass is 10.0. The molecule has 0 saturated carbocycles. The van der Waals surface area contributed by atoms with Crippen LogP contribution in [0.2, 0.25) is 0 Å². The van der Waals surface area contributed by atoms with Crippen molar-refractivity contribution in [3.05, 3.63) is 67.4 Å². The molecule has 1 heteroatoms. The molecule has 3 aromatic rings. The summed E-state index contributed by atoms with van der Waals surface area (Å²) in [5, 5.41) is 4.76. The second-order valence-corrected chi connectivity index (χ2v) is 3.93. The molecule has 0 aliphatic rings. The zero-order chi connectivity index (χ0) is 11.7. The van der Waals surface area contributed by atoms with Crippen molar-refractivity contribution < 1.29 is 4.74 Å². The first-order valence-corrected chi connectivity index (χ1v) is 5.58. The molecule has 0 aromatic heterocycles. The molecule has 0 radical (unpaired) electrons. The fourth-order valence-corrected chi connectivity index (χ4v) is 2.21. The van der Waals surface area contributed by atoms with Gasteiger partial charge in [-0.3, -0.25) is 0 Å². The van der Waals surface area contributed by atoms with Crippen molar-refractivity contribution in [2.24, 2.45) is 0 Å². The van der Waals surface area contributed by atoms with Crippen molar-refractivity contribution in [2.45, 2.75) is 0 Å². The van der Waals surface area contributed by atoms with E-state index in [0.29, 0.717) is 0 Å². The first-order valence-electron chi connectivity index (χ1n) is 5.58. The molecule has 3 aromatic carbocycles. The second-order valence-electron chi connectivity index (χ2n) is 3.93. The van der Waals surface area contributed by atoms with Gasteiger partial charge in [0.15, 0.2) is 0 Å². The molecule has 0 saturated heterocycles. The van der Waals surface area contributed by atoms with E-state index < -0.39 is 0 Å². The van der Waals surface area contributed by atoms with Gasteiger partial charge >= 0.3 is 0 Å². The SMILES string of the molecule is C=COc1cc2ccccc2c2ccccc12. The highest BCUT2D eigenvalue weighted by atomic mass is 16.5. The van der Waals surface area contributed by atoms with Crippen molar-refractivity contribution in [1.29, 1.82) is 0 Å². The number of fused-ring (bicyclic) bond motifs is 3. The molecular formula is C16H12O. The predicted octanol–water partition coefficient (Wildman–Crippen LogP) is 4.52. The minimum Gasteiger partial charge on any atom is -0.465 e. The first-order chi connectivity index (χ1) is 8.40. The second kappa shape index (κ2) is 3.95. The summed E-state index contributed by atoms with van der Waals surface area (Å²) in [4.78, 5) is 0. The summed E-state index contributed by atoms with van der Waals surface area (Å²) < 4.78 is 5.49. The third-order valence-corrected chi connectivity index (χ3v) is 2.94. The van der Waals surface area contributed by atoms with Gasteiger partial charge in [0.25, 0.3) is 0 Å². The van der Waals surface area contributed by atoms with Crippen molar-refractivity contribution in [2.75, 3.05) is 0 Å². The Kier molecular flexibility index (Phi) is 2.30. The van der Waals surface area contributed by atoms with Crippen LogP contribution in [0.3, 0.4) is 0 Å². The maximum Gasteiger partial charge on any atom is 0.134 e. The van der Waals surface area contributed by atoms with Crippen LogP contribution in [0.25, 0.3) is 21.5 Å². The zero-order valence-corrected chi connectivity index (χ0v) is 9.39. The number of rotatable bonds is 2. The van der Waals surface area contributed by atoms with E-state index in [4.69, 9.17) is 4.74 Å². The van der Waals surface area contributed by atoms with E-state index in [1.165, 1.54) is 22.4 Å². The Morgan fingerprint density at radius 3 is 2.24 bits per heavy atom. The van der Waals surface area contributed by atoms with Crippen molar-refractivity contribution in [1.82, 2.24) is 0 Å². The van der Waals surface area contributed by atoms with E-state index >= 15 is 0 Å². The third-order valence-electron chi connectivity index (χ3n) is 2.94. The maximum atomic E-state index is 5.49. The molecule has 0 unspecified atom stereocenters. The summed E-state index contributed by atoms with van der Waals surface area (Å²) in [6.45, 7) is 3.62. The number of benzene rings is 3. The largest absolute Gasteiger partial charge is 0.465 e. The van der Waals surface area contributed by atoms with Gasteiger partial charge in [-0.05, 0) is 22.2 Å². The van der Waals surface area contributed by atoms with Gasteiger partial charge in [0, 0.05) is 5.39 Å². The Morgan fingerprint density at radius 1 is 0.824 bits per heavy atom. The van der Waals surface area contributed by atoms with Crippen molar-refractivity contribution in [3.63, 3.8) is 0 Å². The quantitative estimate of drug-likeness (QED) is 0.456. The first kappa shape index (κ1) is 9.91. The predicted molar refractivity (Wildman–Crippen MR) is 72.3 cm³/mol. The molecule has 0 bridgehead atoms. The normalized spacial score (nSPS) is 10.6. The zero-order valence-electron chi connectivity index (χ0n) is 9.39. The molecule has 0 aliphatic carbocycles. The van der Waals surface area contributed by atoms with Crippen LogP contribution in [-0.2, 0) is 0 Å². The smallest absolute Gasteiger partial charge is 0.134 e. The summed E-state index contributed by atoms with van der Waals surface area (Å²) in [7, 11) is 0. The maximum absolute atomic E-state index is 5.49. The van der Waals surface area contributed by atoms with E-state index in [2.05, 4.69) is 43.0 Å². The summed E-state index contributed by atoms with van der Waals surface area (Å²) in [6, 6.07) is 18.6. The van der Waals surface area contributed by atoms with Crippen LogP contribution in [-0.4, -0.2) is 0 Å². The molecule has 0 heterocycles. The standard InChI is InChI=1S/C16H12O/c1-2-17-16-11-12-7-3-4-8-13(12)14-9-5-6-10-15(14)16/h2-11H,1H2. The molecule has 0 aliphatic heterocycles. The fraction of sp³-hybridized carbons (Fsp3) is 0. The fourth-order valence-electron chi connectivity index (χ4n) is 2.21. The van der Waals surface area contributed by atoms with Gasteiger partial charge in [-0.15, -0.1) is 0 Å². The van der Waals surface area contributed by atoms with Crippen LogP contribution in [0.5, 0.6) is 5.75 Å². The van der Waals surface area contributed by atoms with Crippen molar-refractivity contribution >= 4 is 21.5 Å². The van der Waals surface area contributed by atoms with E-state index in [1.807, 2.05) is 18.2 Å². The highest BCUT2D eigenvalue weighted by molar-refractivity contribution is 6.10. The number of hydrogen-bond acceptors (Lipinski definition) is 1. The van der Waals surface area contributed by atoms with E-state index in [1.54, 1.807) is 0 Å². The highest BCUT2D eigenvalue weighted by Gasteiger charge is 2.05. The Labute approximate surface area is 99.9 Å². The van der Waals surface area contributed by atoms with Crippen molar-refractivity contribution in [3.8, 4) is 5.75 Å². The minimum atomic E-state index is 0.856. The number of ether oxygens (including phenoxy) is 1. The van der Waals surface area contributed by atoms with Crippen LogP contribution in [0.15, 0.2) is 67.4 Å². The molecule has 0 spiro atoms. The Hall–Kier alpha value is -2.28. The lowest BCUT2D eigenvalue weighted by molar-refractivity contribution is 0.490. The molecule has 3 rings (SSSR count). The molecule has 0 N–H and O–H groups in total. The Balaban J connectivity index is 2.49. The van der Waals surface area contributed by atoms with Crippen LogP contribution >= 0.6 is 0 Å². The third kappa shape index (κ3) is 1.56. The monoisotopic (exact) mass is 220 g/mol. The highest BCUT2D eigenvalue weighted by Crippen LogP contribution is 2.33. The van der Waals surface area contributed by atoms with Crippen LogP contribution in [0.4, 0.5) is 0 Å². The van der Waals surface area contributed by atoms with Crippen LogP contribution in [0, 0.1) is 0 Å². The van der Waals surface area contributed by atoms with Gasteiger partial charge in [-0.2, -0.15) is 0 Å². The van der Waals surface area contributed by atoms with Gasteiger partial charge in [0.2, 0.25) is 0 Å². The topological polar surface area (TPSA) is 9.23 Å². The molecular weight excluding hydrogens is 208 g/mol. The lowest BCUT2D eigenvalue weighted by Crippen LogP contribution is -1.85. The van der Waals surface area contributed by atoms with E-state index in [-0.39, 0.29) is 0 Å². The molecule has 1 nitrogen and oxygen atoms in total. The molecule has 0 fully saturated rings. The van der Waals surface area contributed by atoms with Gasteiger partial charge in [-0.25, -0.2) is 0 Å². The molecule has 17 heavy (non-hydrogen) atoms. The molecule has 82 valence electrons. The lowest BCUT2D eigenvalue weighted by Gasteiger charge is -2.09. The average Bonchev–Trinajstić information content (AvgIpc) is 2.39. The van der Waals surface area contributed by atoms with Gasteiger partial charge < -0.3 is 4.74 Å². The summed E-state index contributed by atoms with van der Waals surface area (Å²) in [5.74, 6) is 0.856. The van der Waals surface area contributed by atoms with Gasteiger partial charge in [0.1, 0.15) is 5.75 Å². The molecule has 0 atom stereocenters. The van der Waals surface area contributed by atoms with E-state index in [9.17, 15) is 0 Å². The minimum absolute atomic E-state index is 0.856. The van der Waals surface area contributed by atoms with Crippen LogP contribution in [0.1, 0.15) is 0 Å². The van der Waals surface area contributed by atoms with Gasteiger partial charge in [-0.1, -0.05) is 55.1 Å². The summed E-state index contributed by atoms with van der Waals surface area (Å²) >= 11 is 0. The number of hydrogen-bond donors (Lipinski definition) is 0. The Morgan fingerprint density at radius 2 is 1.47 bits per heavy atom. The molecule has 0 amide bonds. The van der Waals surface area contributed by atoms with Crippen LogP contribution < -0.4 is 4.74 Å². The summed E-state index contributed by atoms with van der Waals surface area (Å²) in [5.41, 5.74) is 0. The van der Waals surface area contributed by atoms with E-state index in [0.717, 1.165) is 11.1 Å². The summed E-state index contributed by atoms with van der Waals surface area (Å²) in [6.07, 6.45) is 1.47. The van der Waals surface area contributed by atoms with Gasteiger partial charge in [0.05, 0.1) is 6.26 Å². The Bertz CT molecular complexity index is 698.